The van der Waals surface area contributed by atoms with E-state index in [0.29, 0.717) is 0 Å². The summed E-state index contributed by atoms with van der Waals surface area (Å²) in [4.78, 5) is 28.3. The summed E-state index contributed by atoms with van der Waals surface area (Å²) in [5.41, 5.74) is 6.97. The Bertz CT molecular complexity index is 1580. The Kier molecular flexibility index (Phi) is 11.2. The number of nitrogens with zero attached hydrogens (tertiary/aromatic N) is 1. The van der Waals surface area contributed by atoms with Gasteiger partial charge in [0.15, 0.2) is 11.3 Å². The predicted molar refractivity (Wildman–Crippen MR) is 184 cm³/mol. The Hall–Kier alpha value is -4.33. The van der Waals surface area contributed by atoms with Gasteiger partial charge in [-0.3, -0.25) is 9.59 Å². The maximum absolute atomic E-state index is 13.5. The average Bonchev–Trinajstić information content (AvgIpc) is 3.03. The van der Waals surface area contributed by atoms with Crippen LogP contribution in [-0.4, -0.2) is 24.4 Å². The molecule has 0 atom stereocenters. The topological polar surface area (TPSA) is 37.4 Å². The van der Waals surface area contributed by atoms with Crippen molar-refractivity contribution in [1.82, 2.24) is 0 Å². The molecule has 0 unspecified atom stereocenters. The molecule has 0 heterocycles. The van der Waals surface area contributed by atoms with Gasteiger partial charge in [0.25, 0.3) is 0 Å². The molecule has 0 aromatic heterocycles. The monoisotopic (exact) mass is 585 g/mol. The summed E-state index contributed by atoms with van der Waals surface area (Å²) in [6.45, 7) is 12.2. The van der Waals surface area contributed by atoms with E-state index in [9.17, 15) is 9.59 Å². The van der Waals surface area contributed by atoms with Crippen molar-refractivity contribution in [2.24, 2.45) is 0 Å². The third-order valence-corrected chi connectivity index (χ3v) is 9.67. The molecule has 0 radical (unpaired) electrons. The second kappa shape index (κ2) is 15.2. The van der Waals surface area contributed by atoms with Crippen LogP contribution in [-0.2, 0) is 0 Å². The van der Waals surface area contributed by atoms with Gasteiger partial charge in [0, 0.05) is 43.4 Å². The number of benzene rings is 5. The molecule has 0 aliphatic carbocycles. The van der Waals surface area contributed by atoms with Gasteiger partial charge in [-0.1, -0.05) is 121 Å². The molecule has 5 aromatic carbocycles. The smallest absolute Gasteiger partial charge is 0.195 e. The van der Waals surface area contributed by atoms with Crippen LogP contribution in [0.1, 0.15) is 56.8 Å². The molecule has 0 saturated carbocycles. The van der Waals surface area contributed by atoms with E-state index in [1.807, 2.05) is 105 Å². The van der Waals surface area contributed by atoms with Gasteiger partial charge in [0.2, 0.25) is 0 Å². The summed E-state index contributed by atoms with van der Waals surface area (Å²) in [7, 11) is -1.07. The molecule has 0 aliphatic heterocycles. The average molecular weight is 586 g/mol. The fourth-order valence-electron chi connectivity index (χ4n) is 5.42. The van der Waals surface area contributed by atoms with Crippen LogP contribution >= 0.6 is 7.92 Å². The molecule has 0 aliphatic rings. The van der Waals surface area contributed by atoms with E-state index < -0.39 is 7.92 Å². The quantitative estimate of drug-likeness (QED) is 0.128. The summed E-state index contributed by atoms with van der Waals surface area (Å²) in [5, 5.41) is 2.20. The van der Waals surface area contributed by atoms with Crippen LogP contribution in [0.2, 0.25) is 0 Å². The molecule has 0 N–H and O–H groups in total. The van der Waals surface area contributed by atoms with E-state index in [0.717, 1.165) is 57.2 Å². The predicted octanol–water partition coefficient (Wildman–Crippen LogP) is 8.65. The molecular weight excluding hydrogens is 545 g/mol. The number of aryl methyl sites for hydroxylation is 3. The van der Waals surface area contributed by atoms with Crippen LogP contribution in [0.5, 0.6) is 0 Å². The lowest BCUT2D eigenvalue weighted by Gasteiger charge is -2.23. The highest BCUT2D eigenvalue weighted by atomic mass is 31.1. The van der Waals surface area contributed by atoms with Crippen molar-refractivity contribution in [2.45, 2.75) is 34.6 Å². The number of hydrogen-bond acceptors (Lipinski definition) is 3. The summed E-state index contributed by atoms with van der Waals surface area (Å²) in [5.74, 6) is 0.0862. The number of rotatable bonds is 9. The van der Waals surface area contributed by atoms with Gasteiger partial charge in [-0.25, -0.2) is 0 Å². The Labute approximate surface area is 258 Å². The molecule has 218 valence electrons. The first-order valence-corrected chi connectivity index (χ1v) is 16.2. The summed E-state index contributed by atoms with van der Waals surface area (Å²) < 4.78 is 0. The van der Waals surface area contributed by atoms with E-state index in [1.165, 1.54) is 5.56 Å². The Morgan fingerprint density at radius 2 is 1.05 bits per heavy atom. The zero-order chi connectivity index (χ0) is 30.8. The third-order valence-electron chi connectivity index (χ3n) is 7.41. The number of anilines is 1. The van der Waals surface area contributed by atoms with E-state index >= 15 is 0 Å². The van der Waals surface area contributed by atoms with Crippen molar-refractivity contribution in [3.05, 3.63) is 161 Å². The number of para-hydroxylation sites is 1. The molecule has 0 bridgehead atoms. The van der Waals surface area contributed by atoms with Crippen molar-refractivity contribution >= 4 is 35.5 Å². The van der Waals surface area contributed by atoms with Gasteiger partial charge >= 0.3 is 0 Å². The Morgan fingerprint density at radius 1 is 0.605 bits per heavy atom. The molecular formula is C39H40NO2P. The first-order chi connectivity index (χ1) is 20.8. The van der Waals surface area contributed by atoms with Crippen molar-refractivity contribution in [2.75, 3.05) is 18.0 Å². The van der Waals surface area contributed by atoms with E-state index in [2.05, 4.69) is 62.1 Å². The molecule has 0 saturated heterocycles. The summed E-state index contributed by atoms with van der Waals surface area (Å²) in [6, 6.07) is 41.8. The number of carbonyl (C=O) groups excluding carboxylic acids is 2. The molecule has 0 fully saturated rings. The van der Waals surface area contributed by atoms with Crippen molar-refractivity contribution in [1.29, 1.82) is 0 Å². The van der Waals surface area contributed by atoms with Crippen molar-refractivity contribution < 1.29 is 9.59 Å². The zero-order valence-corrected chi connectivity index (χ0v) is 26.6. The lowest BCUT2D eigenvalue weighted by atomic mass is 10.0. The highest BCUT2D eigenvalue weighted by molar-refractivity contribution is 7.88. The maximum atomic E-state index is 13.5. The zero-order valence-electron chi connectivity index (χ0n) is 25.7. The molecule has 43 heavy (non-hydrogen) atoms. The highest BCUT2D eigenvalue weighted by Gasteiger charge is 2.26. The molecule has 5 aromatic rings. The second-order valence-electron chi connectivity index (χ2n) is 10.5. The normalized spacial score (nSPS) is 10.6. The number of hydrogen-bond donors (Lipinski definition) is 0. The van der Waals surface area contributed by atoms with E-state index in [1.54, 1.807) is 0 Å². The minimum atomic E-state index is -1.07. The standard InChI is InChI=1S/C22H21OP.C17H19NO/c1-16-14-17(2)21(18(3)15-16)22(23)24(19-10-6-4-7-11-19)20-12-8-5-9-13-20;1-3-18(4-2)16-13-9-8-12-15(16)17(19)14-10-6-5-7-11-14/h4-15H,1-3H3;5-13H,3-4H2,1-2H3. The summed E-state index contributed by atoms with van der Waals surface area (Å²) in [6.07, 6.45) is 0. The SMILES string of the molecule is CCN(CC)c1ccccc1C(=O)c1ccccc1.Cc1cc(C)c(C(=O)P(c2ccccc2)c2ccccc2)c(C)c1. The van der Waals surface area contributed by atoms with Crippen molar-refractivity contribution in [3.8, 4) is 0 Å². The minimum Gasteiger partial charge on any atom is -0.371 e. The van der Waals surface area contributed by atoms with E-state index in [4.69, 9.17) is 0 Å². The Balaban J connectivity index is 0.000000203. The van der Waals surface area contributed by atoms with Gasteiger partial charge in [0.05, 0.1) is 0 Å². The largest absolute Gasteiger partial charge is 0.371 e. The van der Waals surface area contributed by atoms with Crippen LogP contribution in [0, 0.1) is 20.8 Å². The first kappa shape index (κ1) is 31.6. The number of carbonyl (C=O) groups is 2. The fraction of sp³-hybridized carbons (Fsp3) is 0.179. The summed E-state index contributed by atoms with van der Waals surface area (Å²) >= 11 is 0. The van der Waals surface area contributed by atoms with Crippen LogP contribution in [0.4, 0.5) is 5.69 Å². The van der Waals surface area contributed by atoms with Gasteiger partial charge in [0.1, 0.15) is 0 Å². The minimum absolute atomic E-state index is 0.0862. The number of ketones is 1. The van der Waals surface area contributed by atoms with Gasteiger partial charge in [-0.2, -0.15) is 0 Å². The van der Waals surface area contributed by atoms with Gasteiger partial charge < -0.3 is 4.90 Å². The lowest BCUT2D eigenvalue weighted by Crippen LogP contribution is -2.24. The van der Waals surface area contributed by atoms with Crippen LogP contribution < -0.4 is 15.5 Å². The Morgan fingerprint density at radius 3 is 1.53 bits per heavy atom. The maximum Gasteiger partial charge on any atom is 0.195 e. The van der Waals surface area contributed by atoms with Gasteiger partial charge in [-0.05, 0) is 68.5 Å². The molecule has 0 spiro atoms. The van der Waals surface area contributed by atoms with Crippen LogP contribution in [0.3, 0.4) is 0 Å². The third kappa shape index (κ3) is 7.74. The lowest BCUT2D eigenvalue weighted by molar-refractivity contribution is 0.103. The van der Waals surface area contributed by atoms with Gasteiger partial charge in [-0.15, -0.1) is 0 Å². The van der Waals surface area contributed by atoms with Crippen LogP contribution in [0.25, 0.3) is 0 Å². The highest BCUT2D eigenvalue weighted by Crippen LogP contribution is 2.39. The van der Waals surface area contributed by atoms with E-state index in [-0.39, 0.29) is 11.3 Å². The van der Waals surface area contributed by atoms with Crippen LogP contribution in [0.15, 0.2) is 127 Å². The molecule has 4 heteroatoms. The molecule has 0 amide bonds. The molecule has 5 rings (SSSR count). The fourth-order valence-corrected chi connectivity index (χ4v) is 7.70. The second-order valence-corrected chi connectivity index (χ2v) is 12.6. The molecule has 3 nitrogen and oxygen atoms in total. The van der Waals surface area contributed by atoms with Crippen molar-refractivity contribution in [3.63, 3.8) is 0 Å². The first-order valence-electron chi connectivity index (χ1n) is 14.8.